The first-order valence-corrected chi connectivity index (χ1v) is 8.08. The fourth-order valence-electron chi connectivity index (χ4n) is 2.00. The molecule has 7 nitrogen and oxygen atoms in total. The minimum atomic E-state index is -3.05. The maximum Gasteiger partial charge on any atom is 0.387 e. The molecule has 0 aliphatic rings. The van der Waals surface area contributed by atoms with Crippen molar-refractivity contribution in [2.75, 3.05) is 13.7 Å². The lowest BCUT2D eigenvalue weighted by molar-refractivity contribution is -0.123. The predicted molar refractivity (Wildman–Crippen MR) is 97.0 cm³/mol. The Morgan fingerprint density at radius 2 is 2.07 bits per heavy atom. The number of benzene rings is 2. The van der Waals surface area contributed by atoms with Crippen molar-refractivity contribution in [3.05, 3.63) is 52.5 Å². The van der Waals surface area contributed by atoms with E-state index in [0.717, 1.165) is 0 Å². The molecular formula is C18H14ClF2N3O4. The fraction of sp³-hybridized carbons (Fsp3) is 0.167. The lowest BCUT2D eigenvalue weighted by Crippen LogP contribution is -2.24. The van der Waals surface area contributed by atoms with Gasteiger partial charge in [0.2, 0.25) is 0 Å². The number of halogens is 3. The zero-order valence-corrected chi connectivity index (χ0v) is 15.2. The van der Waals surface area contributed by atoms with Crippen LogP contribution in [0.3, 0.4) is 0 Å². The van der Waals surface area contributed by atoms with Crippen molar-refractivity contribution in [1.29, 1.82) is 5.26 Å². The van der Waals surface area contributed by atoms with Gasteiger partial charge in [-0.05, 0) is 42.0 Å². The quantitative estimate of drug-likeness (QED) is 0.533. The molecule has 0 saturated carbocycles. The molecule has 0 aromatic heterocycles. The van der Waals surface area contributed by atoms with Crippen molar-refractivity contribution in [3.63, 3.8) is 0 Å². The van der Waals surface area contributed by atoms with Gasteiger partial charge in [0, 0.05) is 0 Å². The second-order valence-corrected chi connectivity index (χ2v) is 5.54. The van der Waals surface area contributed by atoms with Gasteiger partial charge in [-0.25, -0.2) is 5.43 Å². The highest BCUT2D eigenvalue weighted by Crippen LogP contribution is 2.37. The molecule has 28 heavy (non-hydrogen) atoms. The van der Waals surface area contributed by atoms with E-state index < -0.39 is 12.5 Å². The summed E-state index contributed by atoms with van der Waals surface area (Å²) in [6.07, 6.45) is 1.25. The van der Waals surface area contributed by atoms with Crippen LogP contribution in [0, 0.1) is 11.3 Å². The largest absolute Gasteiger partial charge is 0.493 e. The van der Waals surface area contributed by atoms with Gasteiger partial charge >= 0.3 is 6.61 Å². The summed E-state index contributed by atoms with van der Waals surface area (Å²) in [5.74, 6) is -0.415. The van der Waals surface area contributed by atoms with Gasteiger partial charge in [-0.2, -0.15) is 19.1 Å². The second-order valence-electron chi connectivity index (χ2n) is 5.13. The van der Waals surface area contributed by atoms with Gasteiger partial charge < -0.3 is 14.2 Å². The first-order chi connectivity index (χ1) is 13.4. The number of alkyl halides is 2. The Balaban J connectivity index is 1.93. The molecule has 0 aliphatic carbocycles. The van der Waals surface area contributed by atoms with Gasteiger partial charge in [0.15, 0.2) is 18.1 Å². The topological polar surface area (TPSA) is 92.9 Å². The number of hydrazone groups is 1. The molecule has 0 heterocycles. The summed E-state index contributed by atoms with van der Waals surface area (Å²) in [7, 11) is 1.27. The molecule has 0 spiro atoms. The molecular weight excluding hydrogens is 396 g/mol. The third kappa shape index (κ3) is 6.10. The van der Waals surface area contributed by atoms with E-state index >= 15 is 0 Å². The molecule has 1 amide bonds. The minimum absolute atomic E-state index is 0.00951. The SMILES string of the molecule is COc1cc(/C=N\NC(=O)COc2ccc(C#N)cc2)cc(Cl)c1OC(F)F. The molecule has 2 rings (SSSR count). The van der Waals surface area contributed by atoms with Gasteiger partial charge in [-0.15, -0.1) is 0 Å². The Kier molecular flexibility index (Phi) is 7.54. The second kappa shape index (κ2) is 10.1. The normalized spacial score (nSPS) is 10.6. The van der Waals surface area contributed by atoms with Crippen LogP contribution >= 0.6 is 11.6 Å². The molecule has 0 saturated heterocycles. The third-order valence-corrected chi connectivity index (χ3v) is 3.50. The maximum atomic E-state index is 12.4. The van der Waals surface area contributed by atoms with Crippen molar-refractivity contribution < 1.29 is 27.8 Å². The Morgan fingerprint density at radius 3 is 2.68 bits per heavy atom. The Hall–Kier alpha value is -3.38. The van der Waals surface area contributed by atoms with Crippen LogP contribution in [0.4, 0.5) is 8.78 Å². The standard InChI is InChI=1S/C18H14ClF2N3O4/c1-26-15-7-12(6-14(19)17(15)28-18(20)21)9-23-24-16(25)10-27-13-4-2-11(8-22)3-5-13/h2-7,9,18H,10H2,1H3,(H,24,25)/b23-9-. The van der Waals surface area contributed by atoms with Crippen LogP contribution < -0.4 is 19.6 Å². The molecule has 0 unspecified atom stereocenters. The van der Waals surface area contributed by atoms with Crippen LogP contribution in [0.1, 0.15) is 11.1 Å². The van der Waals surface area contributed by atoms with Crippen molar-refractivity contribution in [2.45, 2.75) is 6.61 Å². The zero-order chi connectivity index (χ0) is 20.5. The van der Waals surface area contributed by atoms with Crippen LogP contribution in [0.2, 0.25) is 5.02 Å². The maximum absolute atomic E-state index is 12.4. The van der Waals surface area contributed by atoms with E-state index in [1.807, 2.05) is 6.07 Å². The first kappa shape index (κ1) is 20.9. The number of nitriles is 1. The predicted octanol–water partition coefficient (Wildman–Crippen LogP) is 3.35. The van der Waals surface area contributed by atoms with Gasteiger partial charge in [0.05, 0.1) is 30.0 Å². The minimum Gasteiger partial charge on any atom is -0.493 e. The summed E-state index contributed by atoms with van der Waals surface area (Å²) < 4.78 is 39.3. The molecule has 2 aromatic carbocycles. The van der Waals surface area contributed by atoms with Crippen molar-refractivity contribution >= 4 is 23.7 Å². The van der Waals surface area contributed by atoms with Gasteiger partial charge in [0.25, 0.3) is 5.91 Å². The monoisotopic (exact) mass is 409 g/mol. The summed E-state index contributed by atoms with van der Waals surface area (Å²) in [6.45, 7) is -3.35. The lowest BCUT2D eigenvalue weighted by atomic mass is 10.2. The first-order valence-electron chi connectivity index (χ1n) is 7.70. The van der Waals surface area contributed by atoms with Crippen LogP contribution in [-0.2, 0) is 4.79 Å². The number of hydrogen-bond donors (Lipinski definition) is 1. The number of hydrogen-bond acceptors (Lipinski definition) is 6. The molecule has 10 heteroatoms. The number of rotatable bonds is 8. The van der Waals surface area contributed by atoms with E-state index in [2.05, 4.69) is 15.3 Å². The van der Waals surface area contributed by atoms with E-state index in [9.17, 15) is 13.6 Å². The van der Waals surface area contributed by atoms with E-state index in [0.29, 0.717) is 16.9 Å². The zero-order valence-electron chi connectivity index (χ0n) is 14.5. The highest BCUT2D eigenvalue weighted by atomic mass is 35.5. The van der Waals surface area contributed by atoms with E-state index in [4.69, 9.17) is 26.3 Å². The third-order valence-electron chi connectivity index (χ3n) is 3.21. The number of ether oxygens (including phenoxy) is 3. The molecule has 2 aromatic rings. The molecule has 0 aliphatic heterocycles. The van der Waals surface area contributed by atoms with E-state index in [1.54, 1.807) is 24.3 Å². The number of amides is 1. The number of carbonyl (C=O) groups is 1. The average Bonchev–Trinajstić information content (AvgIpc) is 2.68. The summed E-state index contributed by atoms with van der Waals surface area (Å²) >= 11 is 5.91. The van der Waals surface area contributed by atoms with E-state index in [-0.39, 0.29) is 23.1 Å². The molecule has 146 valence electrons. The smallest absolute Gasteiger partial charge is 0.387 e. The van der Waals surface area contributed by atoms with Crippen LogP contribution in [0.15, 0.2) is 41.5 Å². The van der Waals surface area contributed by atoms with Crippen LogP contribution in [0.5, 0.6) is 17.2 Å². The van der Waals surface area contributed by atoms with Gasteiger partial charge in [-0.3, -0.25) is 4.79 Å². The van der Waals surface area contributed by atoms with Gasteiger partial charge in [0.1, 0.15) is 5.75 Å². The number of carbonyl (C=O) groups excluding carboxylic acids is 1. The molecule has 1 N–H and O–H groups in total. The van der Waals surface area contributed by atoms with Crippen LogP contribution in [0.25, 0.3) is 0 Å². The number of nitrogens with one attached hydrogen (secondary N) is 1. The fourth-order valence-corrected chi connectivity index (χ4v) is 2.27. The summed E-state index contributed by atoms with van der Waals surface area (Å²) in [5, 5.41) is 12.4. The Morgan fingerprint density at radius 1 is 1.36 bits per heavy atom. The summed E-state index contributed by atoms with van der Waals surface area (Å²) in [4.78, 5) is 11.7. The Bertz CT molecular complexity index is 899. The average molecular weight is 410 g/mol. The number of nitrogens with zero attached hydrogens (tertiary/aromatic N) is 2. The lowest BCUT2D eigenvalue weighted by Gasteiger charge is -2.12. The Labute approximate surface area is 164 Å². The van der Waals surface area contributed by atoms with Crippen molar-refractivity contribution in [3.8, 4) is 23.3 Å². The summed E-state index contributed by atoms with van der Waals surface area (Å²) in [5.41, 5.74) is 3.10. The highest BCUT2D eigenvalue weighted by Gasteiger charge is 2.15. The van der Waals surface area contributed by atoms with Gasteiger partial charge in [-0.1, -0.05) is 11.6 Å². The van der Waals surface area contributed by atoms with Crippen molar-refractivity contribution in [1.82, 2.24) is 5.43 Å². The highest BCUT2D eigenvalue weighted by molar-refractivity contribution is 6.32. The molecule has 0 bridgehead atoms. The molecule has 0 radical (unpaired) electrons. The van der Waals surface area contributed by atoms with Crippen LogP contribution in [-0.4, -0.2) is 32.4 Å². The van der Waals surface area contributed by atoms with E-state index in [1.165, 1.54) is 25.5 Å². The summed E-state index contributed by atoms with van der Waals surface area (Å²) in [6, 6.07) is 10.9. The molecule has 0 atom stereocenters. The van der Waals surface area contributed by atoms with Crippen molar-refractivity contribution in [2.24, 2.45) is 5.10 Å². The number of methoxy groups -OCH3 is 1. The molecule has 0 fully saturated rings.